The Hall–Kier alpha value is -2.18. The van der Waals surface area contributed by atoms with E-state index in [0.29, 0.717) is 23.0 Å². The van der Waals surface area contributed by atoms with Crippen molar-refractivity contribution >= 4 is 23.5 Å². The minimum absolute atomic E-state index is 0.0899. The van der Waals surface area contributed by atoms with Gasteiger partial charge in [-0.15, -0.1) is 0 Å². The van der Waals surface area contributed by atoms with E-state index in [1.807, 2.05) is 20.8 Å². The van der Waals surface area contributed by atoms with Crippen molar-refractivity contribution in [1.29, 1.82) is 0 Å². The maximum atomic E-state index is 11.5. The van der Waals surface area contributed by atoms with E-state index in [4.69, 9.17) is 5.73 Å². The molecule has 1 aliphatic rings. The molecule has 1 aliphatic heterocycles. The van der Waals surface area contributed by atoms with Crippen molar-refractivity contribution in [2.45, 2.75) is 33.1 Å². The summed E-state index contributed by atoms with van der Waals surface area (Å²) in [6, 6.07) is 0. The number of imide groups is 1. The first kappa shape index (κ1) is 14.2. The Kier molecular flexibility index (Phi) is 3.37. The number of carbonyl (C=O) groups is 2. The molecule has 20 heavy (non-hydrogen) atoms. The van der Waals surface area contributed by atoms with Crippen LogP contribution in [0.3, 0.4) is 0 Å². The number of nitrogen functional groups attached to an aromatic ring is 1. The zero-order valence-electron chi connectivity index (χ0n) is 12.1. The average Bonchev–Trinajstić information content (AvgIpc) is 2.29. The number of hydrogen-bond donors (Lipinski definition) is 2. The fraction of sp³-hybridized carbons (Fsp3) is 0.538. The second kappa shape index (κ2) is 4.73. The zero-order chi connectivity index (χ0) is 15.1. The van der Waals surface area contributed by atoms with Gasteiger partial charge in [0, 0.05) is 11.0 Å². The van der Waals surface area contributed by atoms with Gasteiger partial charge in [-0.2, -0.15) is 0 Å². The molecule has 1 aromatic heterocycles. The molecule has 0 bridgehead atoms. The van der Waals surface area contributed by atoms with Crippen LogP contribution in [0.4, 0.5) is 11.6 Å². The first-order chi connectivity index (χ1) is 9.18. The molecule has 0 spiro atoms. The Balaban J connectivity index is 2.47. The molecule has 1 saturated heterocycles. The molecule has 0 aromatic carbocycles. The highest BCUT2D eigenvalue weighted by molar-refractivity contribution is 6.02. The van der Waals surface area contributed by atoms with Gasteiger partial charge in [0.05, 0.1) is 13.1 Å². The lowest BCUT2D eigenvalue weighted by atomic mass is 9.95. The quantitative estimate of drug-likeness (QED) is 0.707. The number of carbonyl (C=O) groups excluding carboxylic acids is 2. The molecule has 0 unspecified atom stereocenters. The number of rotatable bonds is 1. The monoisotopic (exact) mass is 277 g/mol. The first-order valence-electron chi connectivity index (χ1n) is 6.40. The minimum Gasteiger partial charge on any atom is -0.383 e. The predicted octanol–water partition coefficient (Wildman–Crippen LogP) is 0.128. The molecular weight excluding hydrogens is 258 g/mol. The minimum atomic E-state index is -0.338. The van der Waals surface area contributed by atoms with Crippen LogP contribution in [-0.4, -0.2) is 34.9 Å². The van der Waals surface area contributed by atoms with Crippen molar-refractivity contribution in [1.82, 2.24) is 15.3 Å². The van der Waals surface area contributed by atoms with E-state index in [2.05, 4.69) is 15.3 Å². The van der Waals surface area contributed by atoms with Crippen molar-refractivity contribution in [3.8, 4) is 0 Å². The standard InChI is InChI=1S/C13H19N5O2/c1-7-10(14)16-12(13(2,3)4)17-11(7)18-5-8(19)15-9(20)6-18/h5-6H2,1-4H3,(H2,14,16,17)(H,15,19,20). The van der Waals surface area contributed by atoms with Gasteiger partial charge in [0.1, 0.15) is 17.5 Å². The third-order valence-corrected chi connectivity index (χ3v) is 3.08. The van der Waals surface area contributed by atoms with E-state index in [9.17, 15) is 9.59 Å². The SMILES string of the molecule is Cc1c(N)nc(C(C)(C)C)nc1N1CC(=O)NC(=O)C1. The average molecular weight is 277 g/mol. The fourth-order valence-electron chi connectivity index (χ4n) is 1.95. The van der Waals surface area contributed by atoms with Crippen LogP contribution in [0, 0.1) is 6.92 Å². The van der Waals surface area contributed by atoms with Crippen molar-refractivity contribution in [3.05, 3.63) is 11.4 Å². The number of piperazine rings is 1. The first-order valence-corrected chi connectivity index (χ1v) is 6.40. The number of amides is 2. The summed E-state index contributed by atoms with van der Waals surface area (Å²) in [5.74, 6) is 0.836. The second-order valence-corrected chi connectivity index (χ2v) is 5.96. The van der Waals surface area contributed by atoms with Crippen LogP contribution < -0.4 is 16.0 Å². The molecular formula is C13H19N5O2. The summed E-state index contributed by atoms with van der Waals surface area (Å²) in [6.45, 7) is 7.91. The molecule has 0 radical (unpaired) electrons. The van der Waals surface area contributed by atoms with Gasteiger partial charge in [-0.25, -0.2) is 9.97 Å². The molecule has 2 amide bonds. The van der Waals surface area contributed by atoms with E-state index in [-0.39, 0.29) is 30.3 Å². The number of hydrogen-bond acceptors (Lipinski definition) is 6. The molecule has 1 fully saturated rings. The van der Waals surface area contributed by atoms with Gasteiger partial charge in [0.15, 0.2) is 0 Å². The molecule has 3 N–H and O–H groups in total. The van der Waals surface area contributed by atoms with Crippen LogP contribution in [-0.2, 0) is 15.0 Å². The third-order valence-electron chi connectivity index (χ3n) is 3.08. The Morgan fingerprint density at radius 3 is 2.20 bits per heavy atom. The van der Waals surface area contributed by atoms with Crippen molar-refractivity contribution < 1.29 is 9.59 Å². The normalized spacial score (nSPS) is 16.3. The van der Waals surface area contributed by atoms with Crippen LogP contribution in [0.5, 0.6) is 0 Å². The molecule has 2 rings (SSSR count). The van der Waals surface area contributed by atoms with E-state index in [0.717, 1.165) is 0 Å². The van der Waals surface area contributed by atoms with E-state index >= 15 is 0 Å². The van der Waals surface area contributed by atoms with Crippen LogP contribution in [0.2, 0.25) is 0 Å². The lowest BCUT2D eigenvalue weighted by Crippen LogP contribution is -2.52. The highest BCUT2D eigenvalue weighted by Crippen LogP contribution is 2.27. The molecule has 0 saturated carbocycles. The number of nitrogens with zero attached hydrogens (tertiary/aromatic N) is 3. The summed E-state index contributed by atoms with van der Waals surface area (Å²) in [6.07, 6.45) is 0. The summed E-state index contributed by atoms with van der Waals surface area (Å²) >= 11 is 0. The maximum Gasteiger partial charge on any atom is 0.246 e. The van der Waals surface area contributed by atoms with Gasteiger partial charge in [-0.05, 0) is 6.92 Å². The van der Waals surface area contributed by atoms with Crippen LogP contribution in [0.15, 0.2) is 0 Å². The third kappa shape index (κ3) is 2.71. The number of aromatic nitrogens is 2. The van der Waals surface area contributed by atoms with Gasteiger partial charge in [-0.3, -0.25) is 14.9 Å². The molecule has 1 aromatic rings. The summed E-state index contributed by atoms with van der Waals surface area (Å²) < 4.78 is 0. The zero-order valence-corrected chi connectivity index (χ0v) is 12.1. The van der Waals surface area contributed by atoms with Gasteiger partial charge in [0.2, 0.25) is 11.8 Å². The summed E-state index contributed by atoms with van der Waals surface area (Å²) in [5.41, 5.74) is 6.35. The van der Waals surface area contributed by atoms with Gasteiger partial charge >= 0.3 is 0 Å². The second-order valence-electron chi connectivity index (χ2n) is 5.96. The largest absolute Gasteiger partial charge is 0.383 e. The van der Waals surface area contributed by atoms with Gasteiger partial charge in [0.25, 0.3) is 0 Å². The molecule has 2 heterocycles. The van der Waals surface area contributed by atoms with Crippen LogP contribution >= 0.6 is 0 Å². The number of anilines is 2. The molecule has 0 aliphatic carbocycles. The number of nitrogens with two attached hydrogens (primary N) is 1. The Labute approximate surface area is 117 Å². The van der Waals surface area contributed by atoms with E-state index in [1.165, 1.54) is 0 Å². The van der Waals surface area contributed by atoms with Gasteiger partial charge in [-0.1, -0.05) is 20.8 Å². The summed E-state index contributed by atoms with van der Waals surface area (Å²) in [4.78, 5) is 33.4. The number of nitrogens with one attached hydrogen (secondary N) is 1. The summed E-state index contributed by atoms with van der Waals surface area (Å²) in [7, 11) is 0. The smallest absolute Gasteiger partial charge is 0.246 e. The lowest BCUT2D eigenvalue weighted by molar-refractivity contribution is -0.130. The highest BCUT2D eigenvalue weighted by atomic mass is 16.2. The highest BCUT2D eigenvalue weighted by Gasteiger charge is 2.27. The predicted molar refractivity (Wildman–Crippen MR) is 75.2 cm³/mol. The Bertz CT molecular complexity index is 561. The fourth-order valence-corrected chi connectivity index (χ4v) is 1.95. The lowest BCUT2D eigenvalue weighted by Gasteiger charge is -2.29. The van der Waals surface area contributed by atoms with Crippen molar-refractivity contribution in [3.63, 3.8) is 0 Å². The van der Waals surface area contributed by atoms with Crippen molar-refractivity contribution in [2.24, 2.45) is 0 Å². The maximum absolute atomic E-state index is 11.5. The molecule has 7 heteroatoms. The van der Waals surface area contributed by atoms with Gasteiger partial charge < -0.3 is 10.6 Å². The molecule has 0 atom stereocenters. The van der Waals surface area contributed by atoms with Crippen LogP contribution in [0.1, 0.15) is 32.2 Å². The molecule has 108 valence electrons. The summed E-state index contributed by atoms with van der Waals surface area (Å²) in [5, 5.41) is 2.26. The van der Waals surface area contributed by atoms with Crippen molar-refractivity contribution in [2.75, 3.05) is 23.7 Å². The van der Waals surface area contributed by atoms with E-state index < -0.39 is 0 Å². The Morgan fingerprint density at radius 1 is 1.15 bits per heavy atom. The topological polar surface area (TPSA) is 101 Å². The molecule has 7 nitrogen and oxygen atoms in total. The Morgan fingerprint density at radius 2 is 1.70 bits per heavy atom. The van der Waals surface area contributed by atoms with E-state index in [1.54, 1.807) is 11.8 Å². The van der Waals surface area contributed by atoms with Crippen LogP contribution in [0.25, 0.3) is 0 Å².